The molecule has 0 saturated heterocycles. The first kappa shape index (κ1) is 15.7. The summed E-state index contributed by atoms with van der Waals surface area (Å²) in [6, 6.07) is 15.6. The van der Waals surface area contributed by atoms with Crippen molar-refractivity contribution < 1.29 is 9.15 Å². The van der Waals surface area contributed by atoms with Crippen LogP contribution in [0.4, 0.5) is 0 Å². The van der Waals surface area contributed by atoms with Gasteiger partial charge in [-0.1, -0.05) is 30.0 Å². The quantitative estimate of drug-likeness (QED) is 0.521. The summed E-state index contributed by atoms with van der Waals surface area (Å²) < 4.78 is 11.2. The number of nitrogens with one attached hydrogen (secondary N) is 1. The molecular formula is C18H16N4O2S. The Morgan fingerprint density at radius 1 is 1.12 bits per heavy atom. The van der Waals surface area contributed by atoms with Crippen LogP contribution in [0.15, 0.2) is 58.1 Å². The van der Waals surface area contributed by atoms with Crippen molar-refractivity contribution in [1.82, 2.24) is 20.2 Å². The second-order valence-electron chi connectivity index (χ2n) is 5.31. The van der Waals surface area contributed by atoms with E-state index in [0.717, 1.165) is 27.5 Å². The maximum atomic E-state index is 5.71. The van der Waals surface area contributed by atoms with Gasteiger partial charge in [0.05, 0.1) is 23.4 Å². The van der Waals surface area contributed by atoms with Crippen molar-refractivity contribution in [2.24, 2.45) is 0 Å². The Hall–Kier alpha value is -2.80. The Labute approximate surface area is 148 Å². The molecule has 0 spiro atoms. The van der Waals surface area contributed by atoms with Crippen LogP contribution in [0.5, 0.6) is 5.75 Å². The number of nitrogens with zero attached hydrogens (tertiary/aromatic N) is 3. The SMILES string of the molecule is CCOc1ccc2nc(SCc3nnc(-c4ccccc4)o3)[nH]c2c1. The second kappa shape index (κ2) is 6.98. The third-order valence-corrected chi connectivity index (χ3v) is 4.42. The Bertz CT molecular complexity index is 981. The van der Waals surface area contributed by atoms with Crippen molar-refractivity contribution in [2.45, 2.75) is 17.8 Å². The van der Waals surface area contributed by atoms with Crippen molar-refractivity contribution in [3.05, 3.63) is 54.4 Å². The van der Waals surface area contributed by atoms with Crippen LogP contribution in [0.2, 0.25) is 0 Å². The molecule has 0 aliphatic heterocycles. The minimum Gasteiger partial charge on any atom is -0.494 e. The van der Waals surface area contributed by atoms with Gasteiger partial charge in [0.15, 0.2) is 5.16 Å². The van der Waals surface area contributed by atoms with Gasteiger partial charge in [0.25, 0.3) is 0 Å². The van der Waals surface area contributed by atoms with Gasteiger partial charge in [0, 0.05) is 11.6 Å². The molecule has 126 valence electrons. The van der Waals surface area contributed by atoms with Crippen LogP contribution in [0, 0.1) is 0 Å². The van der Waals surface area contributed by atoms with Gasteiger partial charge < -0.3 is 14.1 Å². The minimum atomic E-state index is 0.530. The molecule has 0 fully saturated rings. The average Bonchev–Trinajstić information content (AvgIpc) is 3.27. The molecule has 0 aliphatic rings. The molecule has 0 unspecified atom stereocenters. The van der Waals surface area contributed by atoms with Gasteiger partial charge in [0.2, 0.25) is 11.8 Å². The molecule has 6 nitrogen and oxygen atoms in total. The van der Waals surface area contributed by atoms with Gasteiger partial charge in [-0.15, -0.1) is 10.2 Å². The first-order valence-electron chi connectivity index (χ1n) is 7.95. The number of thioether (sulfide) groups is 1. The Kier molecular flexibility index (Phi) is 4.39. The molecule has 25 heavy (non-hydrogen) atoms. The summed E-state index contributed by atoms with van der Waals surface area (Å²) in [4.78, 5) is 7.84. The van der Waals surface area contributed by atoms with E-state index in [0.29, 0.717) is 24.1 Å². The van der Waals surface area contributed by atoms with Crippen LogP contribution < -0.4 is 4.74 Å². The molecule has 2 heterocycles. The highest BCUT2D eigenvalue weighted by atomic mass is 32.2. The number of aromatic nitrogens is 4. The third kappa shape index (κ3) is 3.51. The Morgan fingerprint density at radius 2 is 2.00 bits per heavy atom. The first-order chi connectivity index (χ1) is 12.3. The van der Waals surface area contributed by atoms with E-state index >= 15 is 0 Å². The summed E-state index contributed by atoms with van der Waals surface area (Å²) in [6.07, 6.45) is 0. The summed E-state index contributed by atoms with van der Waals surface area (Å²) in [7, 11) is 0. The number of ether oxygens (including phenoxy) is 1. The van der Waals surface area contributed by atoms with Crippen LogP contribution in [-0.4, -0.2) is 26.8 Å². The van der Waals surface area contributed by atoms with E-state index < -0.39 is 0 Å². The highest BCUT2D eigenvalue weighted by Gasteiger charge is 2.10. The van der Waals surface area contributed by atoms with Crippen LogP contribution >= 0.6 is 11.8 Å². The van der Waals surface area contributed by atoms with E-state index in [1.807, 2.05) is 55.5 Å². The maximum absolute atomic E-state index is 5.71. The van der Waals surface area contributed by atoms with Crippen LogP contribution in [0.25, 0.3) is 22.5 Å². The van der Waals surface area contributed by atoms with Gasteiger partial charge >= 0.3 is 0 Å². The standard InChI is InChI=1S/C18H16N4O2S/c1-2-23-13-8-9-14-15(10-13)20-18(19-14)25-11-16-21-22-17(24-16)12-6-4-3-5-7-12/h3-10H,2,11H2,1H3,(H,19,20). The zero-order valence-corrected chi connectivity index (χ0v) is 14.4. The topological polar surface area (TPSA) is 76.8 Å². The lowest BCUT2D eigenvalue weighted by molar-refractivity contribution is 0.340. The second-order valence-corrected chi connectivity index (χ2v) is 6.27. The molecule has 0 bridgehead atoms. The minimum absolute atomic E-state index is 0.530. The van der Waals surface area contributed by atoms with Crippen molar-refractivity contribution in [1.29, 1.82) is 0 Å². The van der Waals surface area contributed by atoms with E-state index in [1.165, 1.54) is 11.8 Å². The Balaban J connectivity index is 1.46. The fourth-order valence-corrected chi connectivity index (χ4v) is 3.15. The summed E-state index contributed by atoms with van der Waals surface area (Å²) in [5.41, 5.74) is 2.77. The number of imidazole rings is 1. The lowest BCUT2D eigenvalue weighted by atomic mass is 10.2. The fourth-order valence-electron chi connectivity index (χ4n) is 2.43. The lowest BCUT2D eigenvalue weighted by Crippen LogP contribution is -1.90. The highest BCUT2D eigenvalue weighted by Crippen LogP contribution is 2.26. The van der Waals surface area contributed by atoms with E-state index in [1.54, 1.807) is 0 Å². The third-order valence-electron chi connectivity index (χ3n) is 3.56. The first-order valence-corrected chi connectivity index (χ1v) is 8.93. The predicted octanol–water partition coefficient (Wildman–Crippen LogP) is 4.30. The molecule has 4 rings (SSSR count). The van der Waals surface area contributed by atoms with Gasteiger partial charge in [0.1, 0.15) is 5.75 Å². The molecule has 0 aliphatic carbocycles. The monoisotopic (exact) mass is 352 g/mol. The zero-order valence-electron chi connectivity index (χ0n) is 13.6. The summed E-state index contributed by atoms with van der Waals surface area (Å²) >= 11 is 1.52. The average molecular weight is 352 g/mol. The summed E-state index contributed by atoms with van der Waals surface area (Å²) in [6.45, 7) is 2.61. The molecule has 0 radical (unpaired) electrons. The van der Waals surface area contributed by atoms with E-state index in [2.05, 4.69) is 20.2 Å². The van der Waals surface area contributed by atoms with Crippen molar-refractivity contribution in [2.75, 3.05) is 6.61 Å². The van der Waals surface area contributed by atoms with E-state index in [9.17, 15) is 0 Å². The lowest BCUT2D eigenvalue weighted by Gasteiger charge is -2.00. The largest absolute Gasteiger partial charge is 0.494 e. The van der Waals surface area contributed by atoms with Gasteiger partial charge in [-0.3, -0.25) is 0 Å². The number of hydrogen-bond acceptors (Lipinski definition) is 6. The van der Waals surface area contributed by atoms with E-state index in [-0.39, 0.29) is 0 Å². The highest BCUT2D eigenvalue weighted by molar-refractivity contribution is 7.98. The molecule has 0 atom stereocenters. The van der Waals surface area contributed by atoms with Crippen LogP contribution in [0.1, 0.15) is 12.8 Å². The van der Waals surface area contributed by atoms with E-state index in [4.69, 9.17) is 9.15 Å². The molecule has 4 aromatic rings. The molecule has 1 N–H and O–H groups in total. The number of hydrogen-bond donors (Lipinski definition) is 1. The van der Waals surface area contributed by atoms with Crippen molar-refractivity contribution >= 4 is 22.8 Å². The van der Waals surface area contributed by atoms with Crippen molar-refractivity contribution in [3.8, 4) is 17.2 Å². The number of H-pyrrole nitrogens is 1. The normalized spacial score (nSPS) is 11.1. The van der Waals surface area contributed by atoms with Crippen LogP contribution in [-0.2, 0) is 5.75 Å². The number of rotatable bonds is 6. The number of benzene rings is 2. The van der Waals surface area contributed by atoms with Gasteiger partial charge in [-0.05, 0) is 31.2 Å². The summed E-state index contributed by atoms with van der Waals surface area (Å²) in [5.74, 6) is 2.49. The number of aromatic amines is 1. The van der Waals surface area contributed by atoms with Crippen molar-refractivity contribution in [3.63, 3.8) is 0 Å². The predicted molar refractivity (Wildman–Crippen MR) is 96.6 cm³/mol. The fraction of sp³-hybridized carbons (Fsp3) is 0.167. The molecule has 0 saturated carbocycles. The Morgan fingerprint density at radius 3 is 2.84 bits per heavy atom. The van der Waals surface area contributed by atoms with Gasteiger partial charge in [-0.25, -0.2) is 4.98 Å². The molecule has 7 heteroatoms. The number of fused-ring (bicyclic) bond motifs is 1. The maximum Gasteiger partial charge on any atom is 0.247 e. The molecule has 2 aromatic carbocycles. The molecule has 0 amide bonds. The van der Waals surface area contributed by atoms with Crippen LogP contribution in [0.3, 0.4) is 0 Å². The molecule has 2 aromatic heterocycles. The summed E-state index contributed by atoms with van der Waals surface area (Å²) in [5, 5.41) is 9.01. The zero-order chi connectivity index (χ0) is 17.1. The molecular weight excluding hydrogens is 336 g/mol. The van der Waals surface area contributed by atoms with Gasteiger partial charge in [-0.2, -0.15) is 0 Å². The smallest absolute Gasteiger partial charge is 0.247 e.